The lowest BCUT2D eigenvalue weighted by Crippen LogP contribution is -2.43. The van der Waals surface area contributed by atoms with Crippen LogP contribution < -0.4 is 10.2 Å². The molecule has 2 atom stereocenters. The van der Waals surface area contributed by atoms with Gasteiger partial charge in [0.2, 0.25) is 5.91 Å². The van der Waals surface area contributed by atoms with E-state index in [2.05, 4.69) is 15.7 Å². The van der Waals surface area contributed by atoms with E-state index in [4.69, 9.17) is 23.2 Å². The van der Waals surface area contributed by atoms with Gasteiger partial charge < -0.3 is 5.32 Å². The van der Waals surface area contributed by atoms with E-state index >= 15 is 0 Å². The molecule has 2 aliphatic rings. The number of halogens is 4. The average molecular weight is 454 g/mol. The fourth-order valence-electron chi connectivity index (χ4n) is 3.18. The van der Waals surface area contributed by atoms with Crippen molar-refractivity contribution in [1.82, 2.24) is 5.01 Å². The van der Waals surface area contributed by atoms with Crippen LogP contribution in [-0.2, 0) is 14.4 Å². The number of anilines is 2. The smallest absolute Gasteiger partial charge is 0.263 e. The van der Waals surface area contributed by atoms with Crippen molar-refractivity contribution in [3.05, 3.63) is 58.1 Å². The van der Waals surface area contributed by atoms with E-state index in [9.17, 15) is 23.2 Å². The monoisotopic (exact) mass is 453 g/mol. The predicted molar refractivity (Wildman–Crippen MR) is 103 cm³/mol. The third kappa shape index (κ3) is 3.48. The van der Waals surface area contributed by atoms with Gasteiger partial charge in [-0.25, -0.2) is 13.7 Å². The maximum Gasteiger partial charge on any atom is 0.263 e. The second-order valence-electron chi connectivity index (χ2n) is 6.47. The number of rotatable bonds is 4. The van der Waals surface area contributed by atoms with E-state index in [-0.39, 0.29) is 5.02 Å². The van der Waals surface area contributed by atoms with Gasteiger partial charge in [0.25, 0.3) is 11.8 Å². The van der Waals surface area contributed by atoms with Crippen LogP contribution in [-0.4, -0.2) is 41.4 Å². The number of hydrogen-bond acceptors (Lipinski definition) is 6. The zero-order valence-electron chi connectivity index (χ0n) is 14.9. The van der Waals surface area contributed by atoms with Crippen LogP contribution >= 0.6 is 23.2 Å². The van der Waals surface area contributed by atoms with Crippen molar-refractivity contribution in [3.8, 4) is 0 Å². The van der Waals surface area contributed by atoms with E-state index < -0.39 is 53.7 Å². The molecule has 3 amide bonds. The van der Waals surface area contributed by atoms with Gasteiger partial charge in [-0.05, 0) is 30.3 Å². The highest BCUT2D eigenvalue weighted by molar-refractivity contribution is 6.36. The number of carbonyl (C=O) groups is 3. The van der Waals surface area contributed by atoms with Gasteiger partial charge >= 0.3 is 0 Å². The Balaban J connectivity index is 1.51. The molecular weight excluding hydrogens is 443 g/mol. The quantitative estimate of drug-likeness (QED) is 0.719. The molecule has 4 rings (SSSR count). The second-order valence-corrected chi connectivity index (χ2v) is 7.32. The molecule has 1 saturated heterocycles. The summed E-state index contributed by atoms with van der Waals surface area (Å²) >= 11 is 11.8. The fraction of sp³-hybridized carbons (Fsp3) is 0.167. The maximum absolute atomic E-state index is 14.1. The lowest BCUT2D eigenvalue weighted by Gasteiger charge is -2.20. The van der Waals surface area contributed by atoms with Crippen molar-refractivity contribution in [1.29, 1.82) is 0 Å². The van der Waals surface area contributed by atoms with Crippen molar-refractivity contribution in [2.45, 2.75) is 12.1 Å². The number of nitrogens with one attached hydrogen (secondary N) is 1. The van der Waals surface area contributed by atoms with Crippen LogP contribution in [0.3, 0.4) is 0 Å². The molecule has 8 nitrogen and oxygen atoms in total. The molecule has 0 aromatic heterocycles. The molecule has 154 valence electrons. The summed E-state index contributed by atoms with van der Waals surface area (Å²) in [5, 5.41) is 11.6. The van der Waals surface area contributed by atoms with Gasteiger partial charge in [0, 0.05) is 11.1 Å². The van der Waals surface area contributed by atoms with Crippen LogP contribution in [0.5, 0.6) is 0 Å². The van der Waals surface area contributed by atoms with Gasteiger partial charge in [0.15, 0.2) is 12.1 Å². The van der Waals surface area contributed by atoms with Crippen LogP contribution in [0.15, 0.2) is 46.7 Å². The van der Waals surface area contributed by atoms with Gasteiger partial charge in [-0.1, -0.05) is 28.4 Å². The molecule has 1 fully saturated rings. The molecule has 2 unspecified atom stereocenters. The van der Waals surface area contributed by atoms with Crippen molar-refractivity contribution in [2.75, 3.05) is 16.8 Å². The summed E-state index contributed by atoms with van der Waals surface area (Å²) in [7, 11) is 0. The number of benzene rings is 2. The first-order valence-electron chi connectivity index (χ1n) is 8.51. The first-order chi connectivity index (χ1) is 14.3. The lowest BCUT2D eigenvalue weighted by molar-refractivity contribution is -0.123. The molecule has 2 aromatic carbocycles. The number of fused-ring (bicyclic) bond motifs is 1. The first kappa shape index (κ1) is 20.2. The van der Waals surface area contributed by atoms with Gasteiger partial charge in [0.05, 0.1) is 16.4 Å². The molecule has 0 aliphatic carbocycles. The van der Waals surface area contributed by atoms with Crippen LogP contribution in [0, 0.1) is 11.6 Å². The third-order valence-corrected chi connectivity index (χ3v) is 5.07. The highest BCUT2D eigenvalue weighted by atomic mass is 35.5. The normalized spacial score (nSPS) is 20.1. The summed E-state index contributed by atoms with van der Waals surface area (Å²) in [5.74, 6) is -4.14. The summed E-state index contributed by atoms with van der Waals surface area (Å²) in [6.07, 6.45) is 0. The van der Waals surface area contributed by atoms with Gasteiger partial charge in [-0.3, -0.25) is 19.4 Å². The molecule has 2 aromatic rings. The van der Waals surface area contributed by atoms with E-state index in [1.165, 1.54) is 18.2 Å². The topological polar surface area (TPSA) is 94.4 Å². The largest absolute Gasteiger partial charge is 0.323 e. The summed E-state index contributed by atoms with van der Waals surface area (Å²) in [6.45, 7) is -0.414. The number of amides is 3. The molecule has 0 bridgehead atoms. The molecule has 2 heterocycles. The Labute approximate surface area is 178 Å². The van der Waals surface area contributed by atoms with Crippen molar-refractivity contribution >= 4 is 52.3 Å². The van der Waals surface area contributed by atoms with Crippen LogP contribution in [0.1, 0.15) is 0 Å². The maximum atomic E-state index is 14.1. The van der Waals surface area contributed by atoms with Crippen LogP contribution in [0.25, 0.3) is 0 Å². The Morgan fingerprint density at radius 1 is 1.10 bits per heavy atom. The molecule has 30 heavy (non-hydrogen) atoms. The van der Waals surface area contributed by atoms with Crippen LogP contribution in [0.4, 0.5) is 20.2 Å². The van der Waals surface area contributed by atoms with Crippen LogP contribution in [0.2, 0.25) is 10.0 Å². The Bertz CT molecular complexity index is 1110. The van der Waals surface area contributed by atoms with E-state index in [1.807, 2.05) is 0 Å². The third-order valence-electron chi connectivity index (χ3n) is 4.52. The SMILES string of the molecule is O=C(CN1N=NC2C(=O)N(c3ccc(F)cc3F)C(=O)C21)Nc1ccc(Cl)cc1Cl. The van der Waals surface area contributed by atoms with Gasteiger partial charge in [-0.2, -0.15) is 5.11 Å². The Morgan fingerprint density at radius 3 is 2.57 bits per heavy atom. The molecule has 2 aliphatic heterocycles. The predicted octanol–water partition coefficient (Wildman–Crippen LogP) is 3.20. The molecular formula is C18H11Cl2F2N5O3. The number of carbonyl (C=O) groups excluding carboxylic acids is 3. The number of nitrogens with zero attached hydrogens (tertiary/aromatic N) is 4. The second kappa shape index (κ2) is 7.62. The lowest BCUT2D eigenvalue weighted by atomic mass is 10.1. The minimum atomic E-state index is -1.23. The average Bonchev–Trinajstić information content (AvgIpc) is 3.19. The highest BCUT2D eigenvalue weighted by Gasteiger charge is 2.55. The fourth-order valence-corrected chi connectivity index (χ4v) is 3.64. The van der Waals surface area contributed by atoms with E-state index in [0.717, 1.165) is 17.1 Å². The zero-order chi connectivity index (χ0) is 21.6. The van der Waals surface area contributed by atoms with E-state index in [1.54, 1.807) is 0 Å². The minimum Gasteiger partial charge on any atom is -0.323 e. The first-order valence-corrected chi connectivity index (χ1v) is 9.27. The molecule has 1 N–H and O–H groups in total. The summed E-state index contributed by atoms with van der Waals surface area (Å²) < 4.78 is 27.3. The summed E-state index contributed by atoms with van der Waals surface area (Å²) in [4.78, 5) is 38.3. The molecule has 0 saturated carbocycles. The standard InChI is InChI=1S/C18H11Cl2F2N5O3/c19-8-1-3-12(10(20)5-8)23-14(28)7-26-16-15(24-25-26)17(29)27(18(16)30)13-4-2-9(21)6-11(13)22/h1-6,15-16H,7H2,(H,23,28). The zero-order valence-corrected chi connectivity index (χ0v) is 16.4. The van der Waals surface area contributed by atoms with Gasteiger partial charge in [-0.15, -0.1) is 0 Å². The molecule has 0 radical (unpaired) electrons. The highest BCUT2D eigenvalue weighted by Crippen LogP contribution is 2.33. The van der Waals surface area contributed by atoms with E-state index in [0.29, 0.717) is 21.7 Å². The van der Waals surface area contributed by atoms with Crippen molar-refractivity contribution < 1.29 is 23.2 Å². The summed E-state index contributed by atoms with van der Waals surface area (Å²) in [6, 6.07) is 4.50. The number of hydrogen-bond donors (Lipinski definition) is 1. The molecule has 0 spiro atoms. The number of imide groups is 1. The Morgan fingerprint density at radius 2 is 1.87 bits per heavy atom. The van der Waals surface area contributed by atoms with Gasteiger partial charge in [0.1, 0.15) is 18.2 Å². The Kier molecular flexibility index (Phi) is 5.12. The van der Waals surface area contributed by atoms with Crippen molar-refractivity contribution in [3.63, 3.8) is 0 Å². The summed E-state index contributed by atoms with van der Waals surface area (Å²) in [5.41, 5.74) is -0.101. The minimum absolute atomic E-state index is 0.210. The van der Waals surface area contributed by atoms with Crippen molar-refractivity contribution in [2.24, 2.45) is 10.3 Å². The Hall–Kier alpha value is -3.11. The molecule has 12 heteroatoms.